The average Bonchev–Trinajstić information content (AvgIpc) is 2.46. The molecule has 2 rings (SSSR count). The number of ether oxygens (including phenoxy) is 4. The second-order valence-corrected chi connectivity index (χ2v) is 4.78. The number of nitrogens with one attached hydrogen (secondary N) is 1. The Bertz CT molecular complexity index is 694. The zero-order chi connectivity index (χ0) is 17.0. The Labute approximate surface area is 129 Å². The van der Waals surface area contributed by atoms with Gasteiger partial charge in [-0.2, -0.15) is 0 Å². The molecule has 126 valence electrons. The Morgan fingerprint density at radius 2 is 2.09 bits per heavy atom. The summed E-state index contributed by atoms with van der Waals surface area (Å²) in [6.45, 7) is 2.34. The van der Waals surface area contributed by atoms with Gasteiger partial charge >= 0.3 is 17.6 Å². The van der Waals surface area contributed by atoms with E-state index in [1.807, 2.05) is 0 Å². The fourth-order valence-electron chi connectivity index (χ4n) is 1.96. The molecule has 1 aromatic heterocycles. The third kappa shape index (κ3) is 4.50. The smallest absolute Gasteiger partial charge is 0.330 e. The van der Waals surface area contributed by atoms with Crippen LogP contribution in [0.15, 0.2) is 21.9 Å². The van der Waals surface area contributed by atoms with Crippen LogP contribution in [-0.4, -0.2) is 47.1 Å². The SMILES string of the molecule is CC(=O)OC[C@H]1CO[C@@H](OC(C)=O)[C@H](n2ccc(=O)[nH]c2=O)O1. The molecule has 0 radical (unpaired) electrons. The lowest BCUT2D eigenvalue weighted by Crippen LogP contribution is -2.48. The molecule has 0 amide bonds. The first-order valence-electron chi connectivity index (χ1n) is 6.76. The predicted octanol–water partition coefficient (Wildman–Crippen LogP) is -1.10. The van der Waals surface area contributed by atoms with Gasteiger partial charge in [0.15, 0.2) is 0 Å². The Balaban J connectivity index is 2.23. The number of hydrogen-bond donors (Lipinski definition) is 1. The van der Waals surface area contributed by atoms with Crippen LogP contribution < -0.4 is 11.2 Å². The molecule has 1 aliphatic heterocycles. The number of aromatic nitrogens is 2. The van der Waals surface area contributed by atoms with Crippen molar-refractivity contribution in [2.45, 2.75) is 32.5 Å². The van der Waals surface area contributed by atoms with E-state index in [9.17, 15) is 19.2 Å². The van der Waals surface area contributed by atoms with Gasteiger partial charge in [-0.05, 0) is 0 Å². The molecule has 0 spiro atoms. The van der Waals surface area contributed by atoms with Crippen molar-refractivity contribution in [1.29, 1.82) is 0 Å². The molecule has 1 saturated heterocycles. The molecule has 0 saturated carbocycles. The van der Waals surface area contributed by atoms with Crippen LogP contribution in [0.25, 0.3) is 0 Å². The molecule has 10 nitrogen and oxygen atoms in total. The molecular weight excluding hydrogens is 312 g/mol. The summed E-state index contributed by atoms with van der Waals surface area (Å²) in [5.74, 6) is -1.12. The van der Waals surface area contributed by atoms with Gasteiger partial charge in [0.05, 0.1) is 6.61 Å². The van der Waals surface area contributed by atoms with Crippen molar-refractivity contribution < 1.29 is 28.5 Å². The van der Waals surface area contributed by atoms with Gasteiger partial charge in [-0.25, -0.2) is 4.79 Å². The molecule has 0 aliphatic carbocycles. The van der Waals surface area contributed by atoms with E-state index < -0.39 is 41.8 Å². The molecular formula is C13H16N2O8. The summed E-state index contributed by atoms with van der Waals surface area (Å²) in [7, 11) is 0. The molecule has 1 N–H and O–H groups in total. The van der Waals surface area contributed by atoms with Crippen LogP contribution in [0, 0.1) is 0 Å². The zero-order valence-electron chi connectivity index (χ0n) is 12.5. The molecule has 2 heterocycles. The summed E-state index contributed by atoms with van der Waals surface area (Å²) in [5.41, 5.74) is -1.33. The Morgan fingerprint density at radius 1 is 1.35 bits per heavy atom. The van der Waals surface area contributed by atoms with E-state index in [1.165, 1.54) is 20.0 Å². The maximum atomic E-state index is 11.9. The van der Waals surface area contributed by atoms with Crippen molar-refractivity contribution >= 4 is 11.9 Å². The highest BCUT2D eigenvalue weighted by atomic mass is 16.7. The van der Waals surface area contributed by atoms with E-state index in [0.29, 0.717) is 0 Å². The topological polar surface area (TPSA) is 126 Å². The summed E-state index contributed by atoms with van der Waals surface area (Å²) in [6, 6.07) is 1.12. The van der Waals surface area contributed by atoms with Gasteiger partial charge in [-0.1, -0.05) is 0 Å². The van der Waals surface area contributed by atoms with Crippen LogP contribution in [0.4, 0.5) is 0 Å². The first-order valence-corrected chi connectivity index (χ1v) is 6.76. The van der Waals surface area contributed by atoms with Crippen molar-refractivity contribution in [2.75, 3.05) is 13.2 Å². The zero-order valence-corrected chi connectivity index (χ0v) is 12.5. The third-order valence-electron chi connectivity index (χ3n) is 2.89. The number of H-pyrrole nitrogens is 1. The minimum Gasteiger partial charge on any atom is -0.463 e. The minimum atomic E-state index is -1.18. The second kappa shape index (κ2) is 7.20. The van der Waals surface area contributed by atoms with E-state index in [2.05, 4.69) is 4.98 Å². The number of rotatable bonds is 4. The molecule has 1 aliphatic rings. The quantitative estimate of drug-likeness (QED) is 0.691. The largest absolute Gasteiger partial charge is 0.463 e. The summed E-state index contributed by atoms with van der Waals surface area (Å²) in [5, 5.41) is 0. The maximum Gasteiger partial charge on any atom is 0.330 e. The first kappa shape index (κ1) is 16.9. The molecule has 0 unspecified atom stereocenters. The lowest BCUT2D eigenvalue weighted by molar-refractivity contribution is -0.289. The Hall–Kier alpha value is -2.46. The molecule has 0 aromatic carbocycles. The van der Waals surface area contributed by atoms with Crippen molar-refractivity contribution in [3.63, 3.8) is 0 Å². The highest BCUT2D eigenvalue weighted by molar-refractivity contribution is 5.66. The summed E-state index contributed by atoms with van der Waals surface area (Å²) in [6.07, 6.45) is -1.77. The molecule has 3 atom stereocenters. The fourth-order valence-corrected chi connectivity index (χ4v) is 1.96. The number of carbonyl (C=O) groups excluding carboxylic acids is 2. The molecule has 23 heavy (non-hydrogen) atoms. The van der Waals surface area contributed by atoms with Gasteiger partial charge in [-0.15, -0.1) is 0 Å². The average molecular weight is 328 g/mol. The van der Waals surface area contributed by atoms with Gasteiger partial charge < -0.3 is 18.9 Å². The van der Waals surface area contributed by atoms with Crippen LogP contribution in [0.2, 0.25) is 0 Å². The highest BCUT2D eigenvalue weighted by Gasteiger charge is 2.36. The normalized spacial score (nSPS) is 24.0. The summed E-state index contributed by atoms with van der Waals surface area (Å²) < 4.78 is 21.8. The van der Waals surface area contributed by atoms with E-state index in [1.54, 1.807) is 0 Å². The van der Waals surface area contributed by atoms with Gasteiger partial charge in [-0.3, -0.25) is 23.9 Å². The van der Waals surface area contributed by atoms with Crippen LogP contribution in [0.3, 0.4) is 0 Å². The van der Waals surface area contributed by atoms with Crippen molar-refractivity contribution in [3.05, 3.63) is 33.1 Å². The lowest BCUT2D eigenvalue weighted by atomic mass is 10.3. The standard InChI is InChI=1S/C13H16N2O8/c1-7(16)20-5-9-6-21-12(22-8(2)17)11(23-9)15-4-3-10(18)14-13(15)19/h3-4,9,11-12H,5-6H2,1-2H3,(H,14,18,19)/t9-,11+,12-/m0/s1. The number of nitrogens with zero attached hydrogens (tertiary/aromatic N) is 1. The van der Waals surface area contributed by atoms with Crippen molar-refractivity contribution in [3.8, 4) is 0 Å². The minimum absolute atomic E-state index is 0.000168. The monoisotopic (exact) mass is 328 g/mol. The number of aromatic amines is 1. The molecule has 10 heteroatoms. The molecule has 0 bridgehead atoms. The van der Waals surface area contributed by atoms with Crippen LogP contribution in [-0.2, 0) is 28.5 Å². The van der Waals surface area contributed by atoms with Crippen LogP contribution in [0.5, 0.6) is 0 Å². The van der Waals surface area contributed by atoms with Crippen LogP contribution >= 0.6 is 0 Å². The third-order valence-corrected chi connectivity index (χ3v) is 2.89. The predicted molar refractivity (Wildman–Crippen MR) is 73.4 cm³/mol. The highest BCUT2D eigenvalue weighted by Crippen LogP contribution is 2.24. The summed E-state index contributed by atoms with van der Waals surface area (Å²) in [4.78, 5) is 47.1. The van der Waals surface area contributed by atoms with Crippen molar-refractivity contribution in [2.24, 2.45) is 0 Å². The molecule has 1 aromatic rings. The second-order valence-electron chi connectivity index (χ2n) is 4.78. The summed E-state index contributed by atoms with van der Waals surface area (Å²) >= 11 is 0. The van der Waals surface area contributed by atoms with E-state index >= 15 is 0 Å². The Kier molecular flexibility index (Phi) is 5.29. The van der Waals surface area contributed by atoms with Gasteiger partial charge in [0.1, 0.15) is 12.7 Å². The molecule has 1 fully saturated rings. The fraction of sp³-hybridized carbons (Fsp3) is 0.538. The lowest BCUT2D eigenvalue weighted by Gasteiger charge is -2.35. The number of carbonyl (C=O) groups is 2. The van der Waals surface area contributed by atoms with E-state index in [4.69, 9.17) is 18.9 Å². The van der Waals surface area contributed by atoms with Crippen LogP contribution in [0.1, 0.15) is 20.1 Å². The van der Waals surface area contributed by atoms with Gasteiger partial charge in [0.25, 0.3) is 5.56 Å². The number of esters is 2. The first-order chi connectivity index (χ1) is 10.9. The number of hydrogen-bond acceptors (Lipinski definition) is 8. The maximum absolute atomic E-state index is 11.9. The van der Waals surface area contributed by atoms with E-state index in [-0.39, 0.29) is 13.2 Å². The van der Waals surface area contributed by atoms with Gasteiger partial charge in [0.2, 0.25) is 12.5 Å². The Morgan fingerprint density at radius 3 is 2.70 bits per heavy atom. The van der Waals surface area contributed by atoms with E-state index in [0.717, 1.165) is 10.6 Å². The van der Waals surface area contributed by atoms with Crippen molar-refractivity contribution in [1.82, 2.24) is 9.55 Å². The van der Waals surface area contributed by atoms with Gasteiger partial charge in [0, 0.05) is 26.1 Å².